The van der Waals surface area contributed by atoms with Crippen molar-refractivity contribution in [2.75, 3.05) is 0 Å². The van der Waals surface area contributed by atoms with Crippen LogP contribution in [0.1, 0.15) is 10.7 Å². The molecule has 5 aromatic rings. The predicted octanol–water partition coefficient (Wildman–Crippen LogP) is 4.95. The number of benzene rings is 2. The maximum atomic E-state index is 5.36. The zero-order valence-corrected chi connectivity index (χ0v) is 15.3. The van der Waals surface area contributed by atoms with Gasteiger partial charge in [0.2, 0.25) is 4.96 Å². The Kier molecular flexibility index (Phi) is 3.43. The summed E-state index contributed by atoms with van der Waals surface area (Å²) in [7, 11) is 0. The number of aromatic nitrogens is 4. The maximum Gasteiger partial charge on any atom is 0.212 e. The molecule has 0 spiro atoms. The first kappa shape index (κ1) is 14.8. The summed E-state index contributed by atoms with van der Waals surface area (Å²) in [4.78, 5) is 5.56. The predicted molar refractivity (Wildman–Crippen MR) is 101 cm³/mol. The SMILES string of the molecule is Brc1ccc(-c2cn3nc(Cc4noc5ccccc45)sc3n2)cc1. The number of imidazole rings is 1. The quantitative estimate of drug-likeness (QED) is 0.422. The zero-order valence-electron chi connectivity index (χ0n) is 12.9. The van der Waals surface area contributed by atoms with E-state index in [9.17, 15) is 0 Å². The maximum absolute atomic E-state index is 5.36. The number of para-hydroxylation sites is 1. The van der Waals surface area contributed by atoms with Gasteiger partial charge in [-0.05, 0) is 24.3 Å². The number of rotatable bonds is 3. The molecule has 3 heterocycles. The van der Waals surface area contributed by atoms with Crippen LogP contribution in [0.5, 0.6) is 0 Å². The number of nitrogens with zero attached hydrogens (tertiary/aromatic N) is 4. The summed E-state index contributed by atoms with van der Waals surface area (Å²) in [6, 6.07) is 16.0. The van der Waals surface area contributed by atoms with Gasteiger partial charge in [-0.3, -0.25) is 0 Å². The summed E-state index contributed by atoms with van der Waals surface area (Å²) in [5.74, 6) is 0. The number of fused-ring (bicyclic) bond motifs is 2. The molecule has 122 valence electrons. The van der Waals surface area contributed by atoms with E-state index in [1.165, 1.54) is 0 Å². The lowest BCUT2D eigenvalue weighted by Gasteiger charge is -1.95. The molecule has 7 heteroatoms. The average molecular weight is 411 g/mol. The summed E-state index contributed by atoms with van der Waals surface area (Å²) in [5.41, 5.74) is 3.70. The third-order valence-electron chi connectivity index (χ3n) is 4.00. The smallest absolute Gasteiger partial charge is 0.212 e. The fourth-order valence-corrected chi connectivity index (χ4v) is 3.93. The summed E-state index contributed by atoms with van der Waals surface area (Å²) >= 11 is 5.02. The highest BCUT2D eigenvalue weighted by Crippen LogP contribution is 2.26. The molecule has 0 aliphatic rings. The van der Waals surface area contributed by atoms with Gasteiger partial charge < -0.3 is 4.52 Å². The fraction of sp³-hybridized carbons (Fsp3) is 0.0556. The molecule has 0 bridgehead atoms. The van der Waals surface area contributed by atoms with Crippen molar-refractivity contribution in [3.63, 3.8) is 0 Å². The van der Waals surface area contributed by atoms with Gasteiger partial charge in [-0.25, -0.2) is 9.50 Å². The zero-order chi connectivity index (χ0) is 16.8. The Morgan fingerprint density at radius 1 is 1.08 bits per heavy atom. The van der Waals surface area contributed by atoms with Gasteiger partial charge in [0, 0.05) is 21.8 Å². The Balaban J connectivity index is 1.47. The van der Waals surface area contributed by atoms with E-state index in [1.807, 2.05) is 59.2 Å². The molecule has 2 aromatic carbocycles. The first-order chi connectivity index (χ1) is 12.3. The largest absolute Gasteiger partial charge is 0.356 e. The van der Waals surface area contributed by atoms with E-state index < -0.39 is 0 Å². The normalized spacial score (nSPS) is 11.6. The van der Waals surface area contributed by atoms with Gasteiger partial charge in [-0.1, -0.05) is 56.7 Å². The van der Waals surface area contributed by atoms with Crippen molar-refractivity contribution >= 4 is 43.2 Å². The molecule has 25 heavy (non-hydrogen) atoms. The van der Waals surface area contributed by atoms with Crippen molar-refractivity contribution in [3.05, 3.63) is 69.9 Å². The van der Waals surface area contributed by atoms with Crippen molar-refractivity contribution in [3.8, 4) is 11.3 Å². The molecule has 0 N–H and O–H groups in total. The molecule has 0 saturated heterocycles. The van der Waals surface area contributed by atoms with Gasteiger partial charge in [0.1, 0.15) is 5.01 Å². The van der Waals surface area contributed by atoms with Gasteiger partial charge in [0.05, 0.1) is 17.6 Å². The van der Waals surface area contributed by atoms with E-state index in [1.54, 1.807) is 11.3 Å². The van der Waals surface area contributed by atoms with Gasteiger partial charge in [0.25, 0.3) is 0 Å². The van der Waals surface area contributed by atoms with Crippen molar-refractivity contribution in [2.24, 2.45) is 0 Å². The highest BCUT2D eigenvalue weighted by Gasteiger charge is 2.14. The molecule has 3 aromatic heterocycles. The van der Waals surface area contributed by atoms with Crippen molar-refractivity contribution < 1.29 is 4.52 Å². The molecule has 0 fully saturated rings. The van der Waals surface area contributed by atoms with Crippen LogP contribution in [0.2, 0.25) is 0 Å². The minimum Gasteiger partial charge on any atom is -0.356 e. The first-order valence-electron chi connectivity index (χ1n) is 7.70. The molecule has 5 nitrogen and oxygen atoms in total. The Hall–Kier alpha value is -2.51. The Morgan fingerprint density at radius 2 is 1.92 bits per heavy atom. The second kappa shape index (κ2) is 5.79. The standard InChI is InChI=1S/C18H11BrN4OS/c19-12-7-5-11(6-8-12)15-10-23-18(20-15)25-17(21-23)9-14-13-3-1-2-4-16(13)24-22-14/h1-8,10H,9H2. The number of hydrogen-bond donors (Lipinski definition) is 0. The summed E-state index contributed by atoms with van der Waals surface area (Å²) < 4.78 is 8.25. The first-order valence-corrected chi connectivity index (χ1v) is 9.31. The molecule has 0 amide bonds. The summed E-state index contributed by atoms with van der Waals surface area (Å²) in [6.07, 6.45) is 2.60. The molecule has 0 radical (unpaired) electrons. The molecular weight excluding hydrogens is 400 g/mol. The number of halogens is 1. The van der Waals surface area contributed by atoms with Crippen LogP contribution in [-0.4, -0.2) is 19.8 Å². The summed E-state index contributed by atoms with van der Waals surface area (Å²) in [6.45, 7) is 0. The number of hydrogen-bond acceptors (Lipinski definition) is 5. The fourth-order valence-electron chi connectivity index (χ4n) is 2.78. The third-order valence-corrected chi connectivity index (χ3v) is 5.45. The van der Waals surface area contributed by atoms with Crippen LogP contribution < -0.4 is 0 Å². The van der Waals surface area contributed by atoms with E-state index in [0.717, 1.165) is 42.4 Å². The van der Waals surface area contributed by atoms with Crippen LogP contribution in [-0.2, 0) is 6.42 Å². The minimum atomic E-state index is 0.638. The molecule has 5 rings (SSSR count). The van der Waals surface area contributed by atoms with Gasteiger partial charge in [0.15, 0.2) is 5.58 Å². The molecule has 0 aliphatic heterocycles. The van der Waals surface area contributed by atoms with Crippen molar-refractivity contribution in [2.45, 2.75) is 6.42 Å². The highest BCUT2D eigenvalue weighted by atomic mass is 79.9. The molecule has 0 aliphatic carbocycles. The average Bonchev–Trinajstić information content (AvgIpc) is 3.29. The lowest BCUT2D eigenvalue weighted by molar-refractivity contribution is 0.448. The van der Waals surface area contributed by atoms with Crippen molar-refractivity contribution in [1.82, 2.24) is 19.8 Å². The van der Waals surface area contributed by atoms with E-state index in [4.69, 9.17) is 4.52 Å². The Labute approximate surface area is 155 Å². The van der Waals surface area contributed by atoms with Crippen LogP contribution in [0, 0.1) is 0 Å². The molecular formula is C18H11BrN4OS. The van der Waals surface area contributed by atoms with Gasteiger partial charge in [-0.2, -0.15) is 5.10 Å². The van der Waals surface area contributed by atoms with Crippen LogP contribution in [0.15, 0.2) is 63.7 Å². The van der Waals surface area contributed by atoms with Crippen LogP contribution in [0.3, 0.4) is 0 Å². The second-order valence-electron chi connectivity index (χ2n) is 5.66. The van der Waals surface area contributed by atoms with Crippen LogP contribution >= 0.6 is 27.3 Å². The second-order valence-corrected chi connectivity index (χ2v) is 7.61. The Bertz CT molecular complexity index is 1160. The summed E-state index contributed by atoms with van der Waals surface area (Å²) in [5, 5.41) is 10.8. The van der Waals surface area contributed by atoms with E-state index in [-0.39, 0.29) is 0 Å². The van der Waals surface area contributed by atoms with Gasteiger partial charge in [-0.15, -0.1) is 0 Å². The molecule has 0 atom stereocenters. The lowest BCUT2D eigenvalue weighted by atomic mass is 10.2. The molecule has 0 unspecified atom stereocenters. The van der Waals surface area contributed by atoms with E-state index in [2.05, 4.69) is 31.2 Å². The minimum absolute atomic E-state index is 0.638. The highest BCUT2D eigenvalue weighted by molar-refractivity contribution is 9.10. The van der Waals surface area contributed by atoms with Gasteiger partial charge >= 0.3 is 0 Å². The van der Waals surface area contributed by atoms with Crippen molar-refractivity contribution in [1.29, 1.82) is 0 Å². The van der Waals surface area contributed by atoms with Crippen LogP contribution in [0.25, 0.3) is 27.2 Å². The Morgan fingerprint density at radius 3 is 2.76 bits per heavy atom. The molecule has 0 saturated carbocycles. The third kappa shape index (κ3) is 2.65. The van der Waals surface area contributed by atoms with Crippen LogP contribution in [0.4, 0.5) is 0 Å². The topological polar surface area (TPSA) is 56.2 Å². The van der Waals surface area contributed by atoms with E-state index >= 15 is 0 Å². The lowest BCUT2D eigenvalue weighted by Crippen LogP contribution is -1.90. The van der Waals surface area contributed by atoms with E-state index in [0.29, 0.717) is 6.42 Å². The monoisotopic (exact) mass is 410 g/mol.